The van der Waals surface area contributed by atoms with Crippen LogP contribution in [-0.4, -0.2) is 43.8 Å². The number of hydrogen-bond donors (Lipinski definition) is 1. The Hall–Kier alpha value is -3.07. The summed E-state index contributed by atoms with van der Waals surface area (Å²) in [4.78, 5) is 28.4. The van der Waals surface area contributed by atoms with Gasteiger partial charge in [0.25, 0.3) is 10.0 Å². The van der Waals surface area contributed by atoms with Crippen LogP contribution < -0.4 is 9.62 Å². The van der Waals surface area contributed by atoms with E-state index in [-0.39, 0.29) is 29.1 Å². The third-order valence-corrected chi connectivity index (χ3v) is 8.84. The van der Waals surface area contributed by atoms with Crippen LogP contribution in [0.2, 0.25) is 10.0 Å². The molecule has 0 aliphatic rings. The molecule has 1 N–H and O–H groups in total. The molecule has 0 heterocycles. The fraction of sp³-hybridized carbons (Fsp3) is 0.310. The van der Waals surface area contributed by atoms with Crippen LogP contribution in [0.1, 0.15) is 38.3 Å². The number of rotatable bonds is 11. The summed E-state index contributed by atoms with van der Waals surface area (Å²) in [6.45, 7) is 6.75. The highest BCUT2D eigenvalue weighted by atomic mass is 35.5. The molecule has 208 valence electrons. The zero-order chi connectivity index (χ0) is 28.7. The van der Waals surface area contributed by atoms with Crippen LogP contribution in [0, 0.1) is 6.92 Å². The van der Waals surface area contributed by atoms with Crippen LogP contribution in [0.15, 0.2) is 77.7 Å². The highest BCUT2D eigenvalue weighted by Gasteiger charge is 2.33. The summed E-state index contributed by atoms with van der Waals surface area (Å²) in [5.74, 6) is -0.919. The fourth-order valence-electron chi connectivity index (χ4n) is 3.86. The predicted octanol–water partition coefficient (Wildman–Crippen LogP) is 5.83. The number of anilines is 1. The number of nitrogens with one attached hydrogen (secondary N) is 1. The molecule has 2 unspecified atom stereocenters. The van der Waals surface area contributed by atoms with Gasteiger partial charge in [-0.05, 0) is 69.2 Å². The number of aryl methyl sites for hydroxylation is 1. The summed E-state index contributed by atoms with van der Waals surface area (Å²) in [5.41, 5.74) is 1.75. The summed E-state index contributed by atoms with van der Waals surface area (Å²) < 4.78 is 28.7. The normalized spacial score (nSPS) is 12.9. The standard InChI is InChI=1S/C29H33Cl2N3O4S/c1-5-21(3)32-29(36)22(4)33(18-23-9-6-7-12-27(23)31)28(35)19-34(25-11-8-10-24(30)17-25)39(37,38)26-15-13-20(2)14-16-26/h6-17,21-22H,5,18-19H2,1-4H3,(H,32,36). The van der Waals surface area contributed by atoms with Crippen molar-refractivity contribution in [3.63, 3.8) is 0 Å². The van der Waals surface area contributed by atoms with E-state index in [4.69, 9.17) is 23.2 Å². The Morgan fingerprint density at radius 2 is 1.62 bits per heavy atom. The zero-order valence-electron chi connectivity index (χ0n) is 22.4. The van der Waals surface area contributed by atoms with E-state index >= 15 is 0 Å². The Morgan fingerprint density at radius 3 is 2.23 bits per heavy atom. The average Bonchev–Trinajstić information content (AvgIpc) is 2.90. The van der Waals surface area contributed by atoms with Crippen LogP contribution in [0.3, 0.4) is 0 Å². The number of sulfonamides is 1. The molecule has 0 aromatic heterocycles. The summed E-state index contributed by atoms with van der Waals surface area (Å²) in [7, 11) is -4.17. The number of carbonyl (C=O) groups is 2. The molecule has 0 fully saturated rings. The number of halogens is 2. The maximum absolute atomic E-state index is 13.9. The van der Waals surface area contributed by atoms with Crippen molar-refractivity contribution in [2.75, 3.05) is 10.8 Å². The summed E-state index contributed by atoms with van der Waals surface area (Å²) >= 11 is 12.6. The van der Waals surface area contributed by atoms with Gasteiger partial charge in [0.05, 0.1) is 10.6 Å². The van der Waals surface area contributed by atoms with Crippen LogP contribution in [0.4, 0.5) is 5.69 Å². The lowest BCUT2D eigenvalue weighted by Gasteiger charge is -2.32. The molecule has 0 aliphatic carbocycles. The van der Waals surface area contributed by atoms with Gasteiger partial charge in [0.1, 0.15) is 12.6 Å². The Kier molecular flexibility index (Phi) is 10.4. The first-order valence-electron chi connectivity index (χ1n) is 12.6. The second-order valence-electron chi connectivity index (χ2n) is 9.41. The molecule has 10 heteroatoms. The van der Waals surface area contributed by atoms with Gasteiger partial charge in [0.15, 0.2) is 0 Å². The highest BCUT2D eigenvalue weighted by Crippen LogP contribution is 2.27. The van der Waals surface area contributed by atoms with E-state index in [1.54, 1.807) is 61.5 Å². The van der Waals surface area contributed by atoms with E-state index in [0.717, 1.165) is 9.87 Å². The number of benzene rings is 3. The topological polar surface area (TPSA) is 86.8 Å². The molecule has 0 bridgehead atoms. The minimum absolute atomic E-state index is 0.0154. The first kappa shape index (κ1) is 30.5. The molecular weight excluding hydrogens is 557 g/mol. The molecule has 39 heavy (non-hydrogen) atoms. The minimum atomic E-state index is -4.17. The molecule has 3 rings (SSSR count). The molecule has 2 atom stereocenters. The van der Waals surface area contributed by atoms with E-state index in [2.05, 4.69) is 5.32 Å². The van der Waals surface area contributed by atoms with Crippen LogP contribution >= 0.6 is 23.2 Å². The maximum Gasteiger partial charge on any atom is 0.264 e. The Balaban J connectivity index is 2.04. The van der Waals surface area contributed by atoms with Crippen molar-refractivity contribution in [3.8, 4) is 0 Å². The molecule has 3 aromatic rings. The van der Waals surface area contributed by atoms with Crippen LogP contribution in [0.5, 0.6) is 0 Å². The lowest BCUT2D eigenvalue weighted by atomic mass is 10.1. The summed E-state index contributed by atoms with van der Waals surface area (Å²) in [6.07, 6.45) is 0.717. The molecule has 0 saturated carbocycles. The third-order valence-electron chi connectivity index (χ3n) is 6.45. The summed E-state index contributed by atoms with van der Waals surface area (Å²) in [6, 6.07) is 18.7. The van der Waals surface area contributed by atoms with Gasteiger partial charge in [0, 0.05) is 22.6 Å². The monoisotopic (exact) mass is 589 g/mol. The smallest absolute Gasteiger partial charge is 0.264 e. The van der Waals surface area contributed by atoms with Gasteiger partial charge in [-0.3, -0.25) is 13.9 Å². The Bertz CT molecular complexity index is 1410. The number of carbonyl (C=O) groups excluding carboxylic acids is 2. The van der Waals surface area contributed by atoms with Crippen molar-refractivity contribution < 1.29 is 18.0 Å². The van der Waals surface area contributed by atoms with Gasteiger partial charge in [-0.15, -0.1) is 0 Å². The number of amides is 2. The molecule has 0 saturated heterocycles. The average molecular weight is 591 g/mol. The van der Waals surface area contributed by atoms with Crippen molar-refractivity contribution in [1.29, 1.82) is 0 Å². The van der Waals surface area contributed by atoms with Crippen molar-refractivity contribution in [1.82, 2.24) is 10.2 Å². The largest absolute Gasteiger partial charge is 0.352 e. The van der Waals surface area contributed by atoms with E-state index in [0.29, 0.717) is 22.0 Å². The first-order valence-corrected chi connectivity index (χ1v) is 14.8. The lowest BCUT2D eigenvalue weighted by molar-refractivity contribution is -0.139. The van der Waals surface area contributed by atoms with Gasteiger partial charge in [-0.2, -0.15) is 0 Å². The lowest BCUT2D eigenvalue weighted by Crippen LogP contribution is -2.52. The fourth-order valence-corrected chi connectivity index (χ4v) is 5.64. The molecule has 3 aromatic carbocycles. The minimum Gasteiger partial charge on any atom is -0.352 e. The van der Waals surface area contributed by atoms with Gasteiger partial charge in [0.2, 0.25) is 11.8 Å². The number of nitrogens with zero attached hydrogens (tertiary/aromatic N) is 2. The van der Waals surface area contributed by atoms with Crippen LogP contribution in [0.25, 0.3) is 0 Å². The molecule has 0 aliphatic heterocycles. The van der Waals surface area contributed by atoms with Crippen molar-refractivity contribution in [2.45, 2.75) is 57.6 Å². The van der Waals surface area contributed by atoms with Crippen molar-refractivity contribution in [2.24, 2.45) is 0 Å². The third kappa shape index (κ3) is 7.75. The van der Waals surface area contributed by atoms with Gasteiger partial charge >= 0.3 is 0 Å². The Morgan fingerprint density at radius 1 is 0.949 bits per heavy atom. The molecular formula is C29H33Cl2N3O4S. The van der Waals surface area contributed by atoms with Crippen molar-refractivity contribution in [3.05, 3.63) is 94.0 Å². The number of hydrogen-bond acceptors (Lipinski definition) is 4. The van der Waals surface area contributed by atoms with E-state index in [1.807, 2.05) is 20.8 Å². The van der Waals surface area contributed by atoms with E-state index in [1.165, 1.54) is 23.1 Å². The quantitative estimate of drug-likeness (QED) is 0.305. The van der Waals surface area contributed by atoms with E-state index < -0.39 is 28.5 Å². The van der Waals surface area contributed by atoms with Gasteiger partial charge < -0.3 is 10.2 Å². The first-order chi connectivity index (χ1) is 18.4. The van der Waals surface area contributed by atoms with E-state index in [9.17, 15) is 18.0 Å². The zero-order valence-corrected chi connectivity index (χ0v) is 24.7. The SMILES string of the molecule is CCC(C)NC(=O)C(C)N(Cc1ccccc1Cl)C(=O)CN(c1cccc(Cl)c1)S(=O)(=O)c1ccc(C)cc1. The molecule has 2 amide bonds. The second kappa shape index (κ2) is 13.3. The van der Waals surface area contributed by atoms with Crippen LogP contribution in [-0.2, 0) is 26.2 Å². The molecule has 0 radical (unpaired) electrons. The van der Waals surface area contributed by atoms with Crippen molar-refractivity contribution >= 4 is 50.7 Å². The predicted molar refractivity (Wildman–Crippen MR) is 157 cm³/mol. The van der Waals surface area contributed by atoms with Gasteiger partial charge in [-0.25, -0.2) is 8.42 Å². The Labute approximate surface area is 240 Å². The van der Waals surface area contributed by atoms with Gasteiger partial charge in [-0.1, -0.05) is 72.1 Å². The molecule has 7 nitrogen and oxygen atoms in total. The summed E-state index contributed by atoms with van der Waals surface area (Å²) in [5, 5.41) is 3.66. The second-order valence-corrected chi connectivity index (χ2v) is 12.1. The highest BCUT2D eigenvalue weighted by molar-refractivity contribution is 7.92. The molecule has 0 spiro atoms. The maximum atomic E-state index is 13.9.